The molecule has 2 aliphatic heterocycles. The highest BCUT2D eigenvalue weighted by Crippen LogP contribution is 2.33. The maximum atomic E-state index is 11.9. The normalized spacial score (nSPS) is 20.6. The highest BCUT2D eigenvalue weighted by molar-refractivity contribution is 8.00. The van der Waals surface area contributed by atoms with Crippen molar-refractivity contribution < 1.29 is 38.2 Å². The molecule has 0 aromatic rings. The first-order chi connectivity index (χ1) is 17.6. The summed E-state index contributed by atoms with van der Waals surface area (Å²) in [4.78, 5) is 38.6. The Morgan fingerprint density at radius 1 is 0.861 bits per heavy atom. The fraction of sp³-hybridized carbons (Fsp3) is 0.864. The molecule has 2 fully saturated rings. The van der Waals surface area contributed by atoms with Crippen LogP contribution in [0.5, 0.6) is 0 Å². The first-order valence-corrected chi connectivity index (χ1v) is 13.5. The first-order valence-electron chi connectivity index (χ1n) is 12.4. The molecule has 4 amide bonds. The quantitative estimate of drug-likeness (QED) is 0.0651. The van der Waals surface area contributed by atoms with Gasteiger partial charge in [0.25, 0.3) is 0 Å². The van der Waals surface area contributed by atoms with Gasteiger partial charge in [-0.2, -0.15) is 11.8 Å². The van der Waals surface area contributed by atoms with Gasteiger partial charge in [-0.25, -0.2) is 10.7 Å². The number of carbonyl (C=O) groups is 3. The number of fused-ring (bicyclic) bond motifs is 1. The fourth-order valence-electron chi connectivity index (χ4n) is 3.78. The lowest BCUT2D eigenvalue weighted by atomic mass is 10.0. The molecule has 208 valence electrons. The SMILES string of the molecule is NOCC(=O)NCCOCCOCCOCCOCCNC(=O)CCCC[C@@H]1SC[C@@H]2NC(=O)N[C@@H]21. The van der Waals surface area contributed by atoms with Crippen molar-refractivity contribution >= 4 is 29.6 Å². The second-order valence-electron chi connectivity index (χ2n) is 8.33. The van der Waals surface area contributed by atoms with Crippen molar-refractivity contribution in [1.29, 1.82) is 0 Å². The van der Waals surface area contributed by atoms with Gasteiger partial charge in [-0.05, 0) is 12.8 Å². The Balaban J connectivity index is 1.25. The second-order valence-corrected chi connectivity index (χ2v) is 9.60. The van der Waals surface area contributed by atoms with Crippen molar-refractivity contribution in [3.63, 3.8) is 0 Å². The maximum Gasteiger partial charge on any atom is 0.315 e. The van der Waals surface area contributed by atoms with E-state index in [0.29, 0.717) is 77.6 Å². The number of carbonyl (C=O) groups excluding carboxylic acids is 3. The molecule has 6 N–H and O–H groups in total. The second kappa shape index (κ2) is 19.4. The largest absolute Gasteiger partial charge is 0.377 e. The Bertz CT molecular complexity index is 648. The molecule has 13 nitrogen and oxygen atoms in total. The van der Waals surface area contributed by atoms with E-state index in [9.17, 15) is 14.4 Å². The molecule has 0 radical (unpaired) electrons. The van der Waals surface area contributed by atoms with E-state index < -0.39 is 0 Å². The third kappa shape index (κ3) is 13.6. The van der Waals surface area contributed by atoms with Crippen LogP contribution >= 0.6 is 11.8 Å². The summed E-state index contributed by atoms with van der Waals surface area (Å²) in [6, 6.07) is 0.408. The molecule has 36 heavy (non-hydrogen) atoms. The van der Waals surface area contributed by atoms with Gasteiger partial charge in [0.05, 0.1) is 64.9 Å². The Kier molecular flexibility index (Phi) is 16.5. The molecule has 2 saturated heterocycles. The van der Waals surface area contributed by atoms with Crippen LogP contribution in [0, 0.1) is 0 Å². The predicted molar refractivity (Wildman–Crippen MR) is 133 cm³/mol. The van der Waals surface area contributed by atoms with Crippen LogP contribution in [-0.2, 0) is 33.4 Å². The van der Waals surface area contributed by atoms with Crippen LogP contribution in [0.25, 0.3) is 0 Å². The smallest absolute Gasteiger partial charge is 0.315 e. The fourth-order valence-corrected chi connectivity index (χ4v) is 5.32. The van der Waals surface area contributed by atoms with E-state index >= 15 is 0 Å². The van der Waals surface area contributed by atoms with E-state index in [1.165, 1.54) is 0 Å². The highest BCUT2D eigenvalue weighted by atomic mass is 32.2. The number of hydrogen-bond acceptors (Lipinski definition) is 10. The zero-order valence-corrected chi connectivity index (χ0v) is 21.6. The van der Waals surface area contributed by atoms with Gasteiger partial charge in [-0.15, -0.1) is 0 Å². The van der Waals surface area contributed by atoms with Crippen molar-refractivity contribution in [2.75, 3.05) is 78.3 Å². The minimum atomic E-state index is -0.289. The lowest BCUT2D eigenvalue weighted by Crippen LogP contribution is -2.36. The van der Waals surface area contributed by atoms with Gasteiger partial charge in [-0.3, -0.25) is 14.4 Å². The Morgan fingerprint density at radius 3 is 2.06 bits per heavy atom. The minimum absolute atomic E-state index is 0.0368. The van der Waals surface area contributed by atoms with E-state index in [-0.39, 0.29) is 36.5 Å². The topological polar surface area (TPSA) is 172 Å². The number of amides is 4. The molecule has 2 heterocycles. The van der Waals surface area contributed by atoms with Gasteiger partial charge < -0.3 is 40.2 Å². The van der Waals surface area contributed by atoms with Crippen LogP contribution in [0.2, 0.25) is 0 Å². The molecule has 14 heteroatoms. The van der Waals surface area contributed by atoms with Crippen LogP contribution in [0.4, 0.5) is 4.79 Å². The number of nitrogens with two attached hydrogens (primary N) is 1. The summed E-state index contributed by atoms with van der Waals surface area (Å²) >= 11 is 1.90. The van der Waals surface area contributed by atoms with Gasteiger partial charge in [-0.1, -0.05) is 6.42 Å². The summed E-state index contributed by atoms with van der Waals surface area (Å²) in [6.45, 7) is 4.20. The number of rotatable bonds is 22. The predicted octanol–water partition coefficient (Wildman–Crippen LogP) is -1.10. The van der Waals surface area contributed by atoms with Crippen molar-refractivity contribution in [2.24, 2.45) is 5.90 Å². The van der Waals surface area contributed by atoms with Crippen molar-refractivity contribution in [3.05, 3.63) is 0 Å². The van der Waals surface area contributed by atoms with Crippen molar-refractivity contribution in [2.45, 2.75) is 43.0 Å². The van der Waals surface area contributed by atoms with Gasteiger partial charge in [0.2, 0.25) is 11.8 Å². The van der Waals surface area contributed by atoms with E-state index in [1.807, 2.05) is 11.8 Å². The lowest BCUT2D eigenvalue weighted by molar-refractivity contribution is -0.126. The van der Waals surface area contributed by atoms with Gasteiger partial charge >= 0.3 is 6.03 Å². The molecule has 2 rings (SSSR count). The third-order valence-electron chi connectivity index (χ3n) is 5.55. The molecular formula is C22H41N5O8S. The molecule has 0 aromatic heterocycles. The number of nitrogens with one attached hydrogen (secondary N) is 4. The first kappa shape index (κ1) is 30.5. The lowest BCUT2D eigenvalue weighted by Gasteiger charge is -2.16. The number of urea groups is 1. The van der Waals surface area contributed by atoms with Crippen molar-refractivity contribution in [1.82, 2.24) is 21.3 Å². The molecular weight excluding hydrogens is 494 g/mol. The van der Waals surface area contributed by atoms with Crippen LogP contribution in [0.1, 0.15) is 25.7 Å². The van der Waals surface area contributed by atoms with E-state index in [2.05, 4.69) is 26.1 Å². The summed E-state index contributed by atoms with van der Waals surface area (Å²) in [6.07, 6.45) is 3.33. The standard InChI is InChI=1S/C22H41N5O8S/c23-35-15-20(29)25-6-8-32-10-12-34-14-13-33-11-9-31-7-5-24-19(28)4-2-1-3-18-21-17(16-36-18)26-22(30)27-21/h17-18,21H,1-16,23H2,(H,24,28)(H,25,29)(H2,26,27,30)/t17-,18-,21-/m0/s1. The summed E-state index contributed by atoms with van der Waals surface area (Å²) in [7, 11) is 0. The molecule has 0 saturated carbocycles. The van der Waals surface area contributed by atoms with Gasteiger partial charge in [0, 0.05) is 30.5 Å². The maximum absolute atomic E-state index is 11.9. The zero-order valence-electron chi connectivity index (χ0n) is 20.8. The highest BCUT2D eigenvalue weighted by Gasteiger charge is 2.42. The van der Waals surface area contributed by atoms with Crippen molar-refractivity contribution in [3.8, 4) is 0 Å². The third-order valence-corrected chi connectivity index (χ3v) is 7.06. The molecule has 3 atom stereocenters. The van der Waals surface area contributed by atoms with Crippen LogP contribution in [0.3, 0.4) is 0 Å². The monoisotopic (exact) mass is 535 g/mol. The molecule has 0 unspecified atom stereocenters. The number of thioether (sulfide) groups is 1. The Morgan fingerprint density at radius 2 is 1.44 bits per heavy atom. The van der Waals surface area contributed by atoms with Crippen LogP contribution in [-0.4, -0.2) is 113 Å². The summed E-state index contributed by atoms with van der Waals surface area (Å²) < 4.78 is 21.6. The average Bonchev–Trinajstić information content (AvgIpc) is 3.41. The Hall–Kier alpha value is -1.68. The molecule has 2 aliphatic rings. The van der Waals surface area contributed by atoms with Gasteiger partial charge in [0.15, 0.2) is 0 Å². The minimum Gasteiger partial charge on any atom is -0.377 e. The molecule has 0 bridgehead atoms. The zero-order chi connectivity index (χ0) is 25.8. The average molecular weight is 536 g/mol. The van der Waals surface area contributed by atoms with Gasteiger partial charge in [0.1, 0.15) is 6.61 Å². The molecule has 0 spiro atoms. The number of ether oxygens (including phenoxy) is 4. The molecule has 0 aliphatic carbocycles. The van der Waals surface area contributed by atoms with E-state index in [1.54, 1.807) is 0 Å². The Labute approximate surface area is 216 Å². The van der Waals surface area contributed by atoms with Crippen LogP contribution in [0.15, 0.2) is 0 Å². The molecule has 0 aromatic carbocycles. The number of hydrogen-bond donors (Lipinski definition) is 5. The summed E-state index contributed by atoms with van der Waals surface area (Å²) in [5.41, 5.74) is 0. The summed E-state index contributed by atoms with van der Waals surface area (Å²) in [5, 5.41) is 11.8. The summed E-state index contributed by atoms with van der Waals surface area (Å²) in [5.74, 6) is 5.50. The van der Waals surface area contributed by atoms with E-state index in [4.69, 9.17) is 24.8 Å². The van der Waals surface area contributed by atoms with E-state index in [0.717, 1.165) is 25.0 Å². The number of unbranched alkanes of at least 4 members (excludes halogenated alkanes) is 1. The van der Waals surface area contributed by atoms with Crippen LogP contribution < -0.4 is 27.2 Å².